The Balaban J connectivity index is 1.56. The fraction of sp³-hybridized carbons (Fsp3) is 0.429. The Morgan fingerprint density at radius 3 is 2.63 bits per heavy atom. The van der Waals surface area contributed by atoms with Crippen LogP contribution in [0.3, 0.4) is 0 Å². The molecule has 0 bridgehead atoms. The summed E-state index contributed by atoms with van der Waals surface area (Å²) in [5.74, 6) is 0. The number of aromatic nitrogens is 3. The molecule has 0 amide bonds. The first-order valence-corrected chi connectivity index (χ1v) is 10.1. The van der Waals surface area contributed by atoms with E-state index in [2.05, 4.69) is 15.0 Å². The highest BCUT2D eigenvalue weighted by molar-refractivity contribution is 6.33. The molecule has 1 fully saturated rings. The molecule has 8 nitrogen and oxygen atoms in total. The second-order valence-electron chi connectivity index (χ2n) is 7.97. The standard InChI is InChI=1S/C21H24ClN3O5/c1-21(2,28)12-5-3-11(4-6-12)18-14(22)8-15-19(24-18)25-20(23-15)30-13-7-16(27)17(9-26)29-10-13/h3-6,8,13,16-17,26-28H,7,9-10H2,1-2H3,(H,23,24,25)/t13-,16+,17?/m1/s1. The minimum Gasteiger partial charge on any atom is -0.459 e. The van der Waals surface area contributed by atoms with Gasteiger partial charge in [-0.2, -0.15) is 4.98 Å². The summed E-state index contributed by atoms with van der Waals surface area (Å²) in [6.45, 7) is 3.46. The molecule has 0 aliphatic carbocycles. The molecular weight excluding hydrogens is 410 g/mol. The maximum Gasteiger partial charge on any atom is 0.296 e. The Labute approximate surface area is 178 Å². The van der Waals surface area contributed by atoms with Gasteiger partial charge in [0.1, 0.15) is 12.2 Å². The van der Waals surface area contributed by atoms with E-state index in [9.17, 15) is 10.2 Å². The Kier molecular flexibility index (Phi) is 5.69. The van der Waals surface area contributed by atoms with Crippen molar-refractivity contribution in [1.82, 2.24) is 15.0 Å². The summed E-state index contributed by atoms with van der Waals surface area (Å²) in [4.78, 5) is 12.0. The van der Waals surface area contributed by atoms with Crippen LogP contribution in [-0.4, -0.2) is 61.8 Å². The van der Waals surface area contributed by atoms with Crippen LogP contribution in [-0.2, 0) is 10.3 Å². The molecule has 1 aliphatic heterocycles. The number of fused-ring (bicyclic) bond motifs is 1. The Bertz CT molecular complexity index is 1030. The van der Waals surface area contributed by atoms with E-state index in [1.807, 2.05) is 24.3 Å². The van der Waals surface area contributed by atoms with Gasteiger partial charge >= 0.3 is 0 Å². The quantitative estimate of drug-likeness (QED) is 0.487. The zero-order valence-corrected chi connectivity index (χ0v) is 17.4. The van der Waals surface area contributed by atoms with Gasteiger partial charge in [0, 0.05) is 12.0 Å². The van der Waals surface area contributed by atoms with Gasteiger partial charge in [-0.1, -0.05) is 35.9 Å². The molecule has 0 saturated carbocycles. The number of ether oxygens (including phenoxy) is 2. The molecule has 1 saturated heterocycles. The van der Waals surface area contributed by atoms with E-state index < -0.39 is 23.9 Å². The van der Waals surface area contributed by atoms with Crippen molar-refractivity contribution in [3.8, 4) is 17.3 Å². The molecule has 3 aromatic rings. The van der Waals surface area contributed by atoms with E-state index in [0.29, 0.717) is 28.3 Å². The number of H-pyrrole nitrogens is 1. The third-order valence-electron chi connectivity index (χ3n) is 5.16. The van der Waals surface area contributed by atoms with E-state index >= 15 is 0 Å². The van der Waals surface area contributed by atoms with E-state index in [-0.39, 0.29) is 19.2 Å². The minimum atomic E-state index is -0.929. The van der Waals surface area contributed by atoms with Crippen molar-refractivity contribution in [3.05, 3.63) is 40.9 Å². The largest absolute Gasteiger partial charge is 0.459 e. The van der Waals surface area contributed by atoms with Crippen LogP contribution in [0.15, 0.2) is 30.3 Å². The van der Waals surface area contributed by atoms with Gasteiger partial charge < -0.3 is 29.8 Å². The highest BCUT2D eigenvalue weighted by Crippen LogP contribution is 2.31. The van der Waals surface area contributed by atoms with Crippen molar-refractivity contribution in [1.29, 1.82) is 0 Å². The highest BCUT2D eigenvalue weighted by Gasteiger charge is 2.31. The number of aliphatic hydroxyl groups is 3. The summed E-state index contributed by atoms with van der Waals surface area (Å²) < 4.78 is 11.2. The first-order valence-electron chi connectivity index (χ1n) is 9.71. The Morgan fingerprint density at radius 2 is 2.00 bits per heavy atom. The second-order valence-corrected chi connectivity index (χ2v) is 8.37. The number of hydrogen-bond donors (Lipinski definition) is 4. The summed E-state index contributed by atoms with van der Waals surface area (Å²) in [5, 5.41) is 29.7. The molecule has 9 heteroatoms. The first kappa shape index (κ1) is 21.0. The van der Waals surface area contributed by atoms with E-state index in [0.717, 1.165) is 11.1 Å². The molecule has 1 unspecified atom stereocenters. The van der Waals surface area contributed by atoms with Gasteiger partial charge in [-0.15, -0.1) is 0 Å². The molecule has 3 atom stereocenters. The van der Waals surface area contributed by atoms with Crippen LogP contribution in [0.1, 0.15) is 25.8 Å². The van der Waals surface area contributed by atoms with Crippen molar-refractivity contribution >= 4 is 22.8 Å². The van der Waals surface area contributed by atoms with E-state index in [1.54, 1.807) is 19.9 Å². The van der Waals surface area contributed by atoms with Gasteiger partial charge in [0.15, 0.2) is 5.65 Å². The van der Waals surface area contributed by atoms with Gasteiger partial charge in [0.2, 0.25) is 0 Å². The number of benzene rings is 1. The zero-order valence-electron chi connectivity index (χ0n) is 16.7. The highest BCUT2D eigenvalue weighted by atomic mass is 35.5. The third kappa shape index (κ3) is 4.28. The van der Waals surface area contributed by atoms with Crippen molar-refractivity contribution in [2.24, 2.45) is 0 Å². The fourth-order valence-corrected chi connectivity index (χ4v) is 3.70. The topological polar surface area (TPSA) is 121 Å². The van der Waals surface area contributed by atoms with Crippen LogP contribution < -0.4 is 4.74 Å². The lowest BCUT2D eigenvalue weighted by Crippen LogP contribution is -2.45. The third-order valence-corrected chi connectivity index (χ3v) is 5.45. The number of nitrogens with zero attached hydrogens (tertiary/aromatic N) is 2. The molecule has 0 spiro atoms. The van der Waals surface area contributed by atoms with Crippen LogP contribution >= 0.6 is 11.6 Å². The summed E-state index contributed by atoms with van der Waals surface area (Å²) in [6, 6.07) is 9.38. The van der Waals surface area contributed by atoms with Gasteiger partial charge in [-0.25, -0.2) is 4.98 Å². The number of aliphatic hydroxyl groups excluding tert-OH is 2. The smallest absolute Gasteiger partial charge is 0.296 e. The second kappa shape index (κ2) is 8.13. The van der Waals surface area contributed by atoms with Crippen LogP contribution in [0.4, 0.5) is 0 Å². The van der Waals surface area contributed by atoms with Crippen LogP contribution in [0, 0.1) is 0 Å². The average molecular weight is 434 g/mol. The number of rotatable bonds is 5. The van der Waals surface area contributed by atoms with Gasteiger partial charge in [0.05, 0.1) is 41.2 Å². The summed E-state index contributed by atoms with van der Waals surface area (Å²) in [5.41, 5.74) is 2.31. The van der Waals surface area contributed by atoms with Gasteiger partial charge in [-0.05, 0) is 25.5 Å². The van der Waals surface area contributed by atoms with Crippen LogP contribution in [0.5, 0.6) is 6.01 Å². The zero-order chi connectivity index (χ0) is 21.5. The predicted octanol–water partition coefficient (Wildman–Crippen LogP) is 2.40. The molecule has 3 heterocycles. The van der Waals surface area contributed by atoms with Crippen molar-refractivity contribution in [2.75, 3.05) is 13.2 Å². The molecule has 0 radical (unpaired) electrons. The number of imidazole rings is 1. The van der Waals surface area contributed by atoms with Crippen LogP contribution in [0.25, 0.3) is 22.4 Å². The molecular formula is C21H24ClN3O5. The maximum atomic E-state index is 10.1. The predicted molar refractivity (Wildman–Crippen MR) is 111 cm³/mol. The summed E-state index contributed by atoms with van der Waals surface area (Å²) >= 11 is 6.44. The molecule has 4 N–H and O–H groups in total. The van der Waals surface area contributed by atoms with E-state index in [4.69, 9.17) is 26.2 Å². The Hall–Kier alpha value is -2.23. The number of aromatic amines is 1. The minimum absolute atomic E-state index is 0.236. The van der Waals surface area contributed by atoms with E-state index in [1.165, 1.54) is 0 Å². The first-order chi connectivity index (χ1) is 14.2. The molecule has 1 aromatic carbocycles. The maximum absolute atomic E-state index is 10.1. The van der Waals surface area contributed by atoms with Gasteiger partial charge in [0.25, 0.3) is 6.01 Å². The molecule has 4 rings (SSSR count). The SMILES string of the molecule is CC(C)(O)c1ccc(-c2nc3nc(O[C@H]4COC(CO)[C@@H](O)C4)[nH]c3cc2Cl)cc1. The lowest BCUT2D eigenvalue weighted by molar-refractivity contribution is -0.131. The molecule has 1 aliphatic rings. The summed E-state index contributed by atoms with van der Waals surface area (Å²) in [7, 11) is 0. The van der Waals surface area contributed by atoms with Crippen LogP contribution in [0.2, 0.25) is 5.02 Å². The van der Waals surface area contributed by atoms with Crippen molar-refractivity contribution in [3.63, 3.8) is 0 Å². The molecule has 30 heavy (non-hydrogen) atoms. The Morgan fingerprint density at radius 1 is 1.27 bits per heavy atom. The molecule has 160 valence electrons. The number of halogens is 1. The number of nitrogens with one attached hydrogen (secondary N) is 1. The molecule has 2 aromatic heterocycles. The lowest BCUT2D eigenvalue weighted by atomic mass is 9.96. The average Bonchev–Trinajstić information content (AvgIpc) is 3.08. The lowest BCUT2D eigenvalue weighted by Gasteiger charge is -2.31. The number of pyridine rings is 1. The van der Waals surface area contributed by atoms with Crippen molar-refractivity contribution in [2.45, 2.75) is 44.2 Å². The van der Waals surface area contributed by atoms with Gasteiger partial charge in [-0.3, -0.25) is 0 Å². The normalized spacial score (nSPS) is 22.4. The summed E-state index contributed by atoms with van der Waals surface area (Å²) in [6.07, 6.45) is -1.46. The van der Waals surface area contributed by atoms with Crippen molar-refractivity contribution < 1.29 is 24.8 Å². The fourth-order valence-electron chi connectivity index (χ4n) is 3.44. The monoisotopic (exact) mass is 433 g/mol. The number of hydrogen-bond acceptors (Lipinski definition) is 7.